The zero-order chi connectivity index (χ0) is 16.8. The number of hydrogen-bond acceptors (Lipinski definition) is 4. The highest BCUT2D eigenvalue weighted by atomic mass is 35.5. The molecule has 1 aliphatic heterocycles. The predicted octanol–water partition coefficient (Wildman–Crippen LogP) is 3.49. The van der Waals surface area contributed by atoms with Gasteiger partial charge in [0.15, 0.2) is 5.76 Å². The summed E-state index contributed by atoms with van der Waals surface area (Å²) in [5, 5.41) is 7.60. The molecular formula is C18H22ClN3O2. The normalized spacial score (nSPS) is 15.9. The molecule has 0 radical (unpaired) electrons. The summed E-state index contributed by atoms with van der Waals surface area (Å²) in [6.07, 6.45) is 4.89. The molecule has 1 saturated heterocycles. The number of nitrogens with zero attached hydrogens (tertiary/aromatic N) is 2. The fourth-order valence-corrected chi connectivity index (χ4v) is 3.11. The lowest BCUT2D eigenvalue weighted by Gasteiger charge is -2.18. The Bertz CT molecular complexity index is 678. The van der Waals surface area contributed by atoms with Gasteiger partial charge in [-0.1, -0.05) is 41.7 Å². The number of amides is 1. The highest BCUT2D eigenvalue weighted by Crippen LogP contribution is 2.22. The molecule has 3 rings (SSSR count). The molecule has 6 heteroatoms. The summed E-state index contributed by atoms with van der Waals surface area (Å²) in [5.74, 6) is 0.659. The van der Waals surface area contributed by atoms with Crippen LogP contribution < -0.4 is 5.32 Å². The fourth-order valence-electron chi connectivity index (χ4n) is 2.92. The van der Waals surface area contributed by atoms with Crippen LogP contribution in [0.4, 0.5) is 0 Å². The standard InChI is InChI=1S/C18H22ClN3O2/c19-15-7-5-6-14(10-15)17-11-16(24-21-17)12-20-18(23)13-22-8-3-1-2-4-9-22/h5-7,10-11H,1-4,8-9,12-13H2,(H,20,23). The van der Waals surface area contributed by atoms with E-state index in [0.29, 0.717) is 29.6 Å². The molecule has 1 aliphatic rings. The van der Waals surface area contributed by atoms with Gasteiger partial charge in [-0.3, -0.25) is 9.69 Å². The molecule has 0 atom stereocenters. The van der Waals surface area contributed by atoms with Crippen molar-refractivity contribution in [2.24, 2.45) is 0 Å². The van der Waals surface area contributed by atoms with E-state index in [0.717, 1.165) is 18.7 Å². The van der Waals surface area contributed by atoms with Crippen LogP contribution >= 0.6 is 11.6 Å². The lowest BCUT2D eigenvalue weighted by Crippen LogP contribution is -2.37. The Kier molecular flexibility index (Phi) is 5.88. The number of carbonyl (C=O) groups excluding carboxylic acids is 1. The topological polar surface area (TPSA) is 58.4 Å². The Balaban J connectivity index is 1.50. The van der Waals surface area contributed by atoms with Gasteiger partial charge in [0, 0.05) is 16.7 Å². The second kappa shape index (κ2) is 8.31. The number of aromatic nitrogens is 1. The zero-order valence-electron chi connectivity index (χ0n) is 13.6. The van der Waals surface area contributed by atoms with Crippen molar-refractivity contribution in [2.75, 3.05) is 19.6 Å². The Morgan fingerprint density at radius 3 is 2.75 bits per heavy atom. The average molecular weight is 348 g/mol. The van der Waals surface area contributed by atoms with E-state index in [1.807, 2.05) is 30.3 Å². The van der Waals surface area contributed by atoms with Gasteiger partial charge in [0.05, 0.1) is 13.1 Å². The van der Waals surface area contributed by atoms with E-state index in [1.165, 1.54) is 25.7 Å². The van der Waals surface area contributed by atoms with Gasteiger partial charge in [-0.2, -0.15) is 0 Å². The van der Waals surface area contributed by atoms with E-state index < -0.39 is 0 Å². The van der Waals surface area contributed by atoms with Crippen molar-refractivity contribution in [3.8, 4) is 11.3 Å². The number of rotatable bonds is 5. The third kappa shape index (κ3) is 4.82. The molecule has 1 fully saturated rings. The SMILES string of the molecule is O=C(CN1CCCCCC1)NCc1cc(-c2cccc(Cl)c2)no1. The first-order valence-corrected chi connectivity index (χ1v) is 8.79. The Morgan fingerprint density at radius 1 is 1.21 bits per heavy atom. The molecular weight excluding hydrogens is 326 g/mol. The minimum Gasteiger partial charge on any atom is -0.359 e. The first kappa shape index (κ1) is 17.0. The lowest BCUT2D eigenvalue weighted by molar-refractivity contribution is -0.122. The largest absolute Gasteiger partial charge is 0.359 e. The quantitative estimate of drug-likeness (QED) is 0.899. The number of hydrogen-bond donors (Lipinski definition) is 1. The van der Waals surface area contributed by atoms with Crippen molar-refractivity contribution in [3.63, 3.8) is 0 Å². The van der Waals surface area contributed by atoms with Gasteiger partial charge in [0.25, 0.3) is 0 Å². The van der Waals surface area contributed by atoms with E-state index >= 15 is 0 Å². The van der Waals surface area contributed by atoms with E-state index in [4.69, 9.17) is 16.1 Å². The van der Waals surface area contributed by atoms with Gasteiger partial charge in [-0.05, 0) is 38.1 Å². The van der Waals surface area contributed by atoms with Crippen LogP contribution in [-0.4, -0.2) is 35.6 Å². The molecule has 0 saturated carbocycles. The number of likely N-dealkylation sites (tertiary alicyclic amines) is 1. The minimum atomic E-state index is 0.0256. The molecule has 24 heavy (non-hydrogen) atoms. The maximum atomic E-state index is 12.1. The van der Waals surface area contributed by atoms with Gasteiger partial charge in [-0.15, -0.1) is 0 Å². The molecule has 5 nitrogen and oxygen atoms in total. The van der Waals surface area contributed by atoms with Gasteiger partial charge in [0.2, 0.25) is 5.91 Å². The monoisotopic (exact) mass is 347 g/mol. The molecule has 2 heterocycles. The van der Waals surface area contributed by atoms with Crippen molar-refractivity contribution in [1.82, 2.24) is 15.4 Å². The van der Waals surface area contributed by atoms with E-state index in [-0.39, 0.29) is 5.91 Å². The number of nitrogens with one attached hydrogen (secondary N) is 1. The van der Waals surface area contributed by atoms with Crippen molar-refractivity contribution >= 4 is 17.5 Å². The maximum Gasteiger partial charge on any atom is 0.234 e. The Morgan fingerprint density at radius 2 is 2.00 bits per heavy atom. The molecule has 0 bridgehead atoms. The Labute approximate surface area is 147 Å². The molecule has 2 aromatic rings. The summed E-state index contributed by atoms with van der Waals surface area (Å²) < 4.78 is 5.30. The van der Waals surface area contributed by atoms with Crippen molar-refractivity contribution in [1.29, 1.82) is 0 Å². The highest BCUT2D eigenvalue weighted by molar-refractivity contribution is 6.30. The molecule has 0 aliphatic carbocycles. The summed E-state index contributed by atoms with van der Waals surface area (Å²) in [5.41, 5.74) is 1.61. The number of carbonyl (C=O) groups is 1. The van der Waals surface area contributed by atoms with Gasteiger partial charge < -0.3 is 9.84 Å². The van der Waals surface area contributed by atoms with E-state index in [9.17, 15) is 4.79 Å². The highest BCUT2D eigenvalue weighted by Gasteiger charge is 2.13. The van der Waals surface area contributed by atoms with Crippen LogP contribution in [0.2, 0.25) is 5.02 Å². The average Bonchev–Trinajstić information content (AvgIpc) is 2.91. The summed E-state index contributed by atoms with van der Waals surface area (Å²) in [4.78, 5) is 14.3. The minimum absolute atomic E-state index is 0.0256. The number of halogens is 1. The smallest absolute Gasteiger partial charge is 0.234 e. The molecule has 128 valence electrons. The van der Waals surface area contributed by atoms with Crippen molar-refractivity contribution < 1.29 is 9.32 Å². The van der Waals surface area contributed by atoms with Gasteiger partial charge in [-0.25, -0.2) is 0 Å². The Hall–Kier alpha value is -1.85. The van der Waals surface area contributed by atoms with Crippen LogP contribution in [0, 0.1) is 0 Å². The fraction of sp³-hybridized carbons (Fsp3) is 0.444. The van der Waals surface area contributed by atoms with Crippen LogP contribution in [0.5, 0.6) is 0 Å². The summed E-state index contributed by atoms with van der Waals surface area (Å²) in [6.45, 7) is 2.82. The molecule has 1 amide bonds. The van der Waals surface area contributed by atoms with Gasteiger partial charge in [0.1, 0.15) is 5.69 Å². The summed E-state index contributed by atoms with van der Waals surface area (Å²) in [7, 11) is 0. The van der Waals surface area contributed by atoms with Crippen LogP contribution in [0.25, 0.3) is 11.3 Å². The molecule has 1 aromatic heterocycles. The molecule has 0 unspecified atom stereocenters. The lowest BCUT2D eigenvalue weighted by atomic mass is 10.1. The molecule has 1 aromatic carbocycles. The van der Waals surface area contributed by atoms with Crippen LogP contribution in [0.3, 0.4) is 0 Å². The van der Waals surface area contributed by atoms with Crippen LogP contribution in [0.1, 0.15) is 31.4 Å². The van der Waals surface area contributed by atoms with Crippen LogP contribution in [-0.2, 0) is 11.3 Å². The maximum absolute atomic E-state index is 12.1. The van der Waals surface area contributed by atoms with Crippen LogP contribution in [0.15, 0.2) is 34.9 Å². The third-order valence-corrected chi connectivity index (χ3v) is 4.44. The third-order valence-electron chi connectivity index (χ3n) is 4.21. The second-order valence-corrected chi connectivity index (χ2v) is 6.59. The first-order valence-electron chi connectivity index (χ1n) is 8.41. The summed E-state index contributed by atoms with van der Waals surface area (Å²) in [6, 6.07) is 9.27. The van der Waals surface area contributed by atoms with E-state index in [1.54, 1.807) is 0 Å². The molecule has 0 spiro atoms. The van der Waals surface area contributed by atoms with Gasteiger partial charge >= 0.3 is 0 Å². The molecule has 1 N–H and O–H groups in total. The van der Waals surface area contributed by atoms with Crippen molar-refractivity contribution in [3.05, 3.63) is 41.1 Å². The second-order valence-electron chi connectivity index (χ2n) is 6.16. The number of benzene rings is 1. The van der Waals surface area contributed by atoms with Crippen molar-refractivity contribution in [2.45, 2.75) is 32.2 Å². The first-order chi connectivity index (χ1) is 11.7. The predicted molar refractivity (Wildman–Crippen MR) is 93.7 cm³/mol. The van der Waals surface area contributed by atoms with E-state index in [2.05, 4.69) is 15.4 Å². The zero-order valence-corrected chi connectivity index (χ0v) is 14.4. The summed E-state index contributed by atoms with van der Waals surface area (Å²) >= 11 is 5.99.